The predicted molar refractivity (Wildman–Crippen MR) is 78.6 cm³/mol. The molecule has 2 aromatic rings. The molecule has 2 N–H and O–H groups in total. The maximum Gasteiger partial charge on any atom is 0.178 e. The Morgan fingerprint density at radius 3 is 1.55 bits per heavy atom. The van der Waals surface area contributed by atoms with Crippen LogP contribution in [0.1, 0.15) is 0 Å². The van der Waals surface area contributed by atoms with Gasteiger partial charge in [0.25, 0.3) is 0 Å². The van der Waals surface area contributed by atoms with Crippen molar-refractivity contribution in [1.82, 2.24) is 9.97 Å². The molecular weight excluding hydrogens is 296 g/mol. The summed E-state index contributed by atoms with van der Waals surface area (Å²) in [6.45, 7) is 0. The zero-order valence-electron chi connectivity index (χ0n) is 10.1. The third-order valence-corrected chi connectivity index (χ3v) is 4.01. The lowest BCUT2D eigenvalue weighted by molar-refractivity contribution is 0.316. The normalized spacial score (nSPS) is 12.4. The van der Waals surface area contributed by atoms with Gasteiger partial charge in [0.2, 0.25) is 0 Å². The van der Waals surface area contributed by atoms with Gasteiger partial charge >= 0.3 is 0 Å². The lowest BCUT2D eigenvalue weighted by Gasteiger charge is -2.04. The first-order chi connectivity index (χ1) is 9.83. The van der Waals surface area contributed by atoms with Crippen molar-refractivity contribution in [3.63, 3.8) is 0 Å². The SMILES string of the molecule is O/N=C(Sc1ccccn1)/C(=N/O)Sc1ccccn1. The van der Waals surface area contributed by atoms with Crippen LogP contribution in [0.5, 0.6) is 0 Å². The van der Waals surface area contributed by atoms with Gasteiger partial charge in [-0.25, -0.2) is 9.97 Å². The Morgan fingerprint density at radius 1 is 0.800 bits per heavy atom. The van der Waals surface area contributed by atoms with Crippen LogP contribution in [0, 0.1) is 0 Å². The van der Waals surface area contributed by atoms with E-state index < -0.39 is 0 Å². The number of pyridine rings is 2. The Morgan fingerprint density at radius 2 is 1.25 bits per heavy atom. The van der Waals surface area contributed by atoms with Crippen LogP contribution in [0.2, 0.25) is 0 Å². The molecule has 0 saturated carbocycles. The summed E-state index contributed by atoms with van der Waals surface area (Å²) < 4.78 is 0. The minimum absolute atomic E-state index is 0.141. The number of rotatable bonds is 2. The Labute approximate surface area is 123 Å². The summed E-state index contributed by atoms with van der Waals surface area (Å²) in [4.78, 5) is 8.20. The summed E-state index contributed by atoms with van der Waals surface area (Å²) in [5.41, 5.74) is 0. The molecule has 6 nitrogen and oxygen atoms in total. The highest BCUT2D eigenvalue weighted by molar-refractivity contribution is 8.25. The fraction of sp³-hybridized carbons (Fsp3) is 0. The van der Waals surface area contributed by atoms with Crippen LogP contribution < -0.4 is 0 Å². The van der Waals surface area contributed by atoms with Gasteiger partial charge in [-0.05, 0) is 47.8 Å². The van der Waals surface area contributed by atoms with Crippen molar-refractivity contribution in [3.8, 4) is 0 Å². The molecule has 0 fully saturated rings. The van der Waals surface area contributed by atoms with Crippen molar-refractivity contribution >= 4 is 33.6 Å². The van der Waals surface area contributed by atoms with E-state index in [1.54, 1.807) is 36.7 Å². The lowest BCUT2D eigenvalue weighted by atomic mass is 10.5. The van der Waals surface area contributed by atoms with E-state index in [1.807, 2.05) is 12.1 Å². The van der Waals surface area contributed by atoms with Gasteiger partial charge in [0, 0.05) is 12.4 Å². The second kappa shape index (κ2) is 7.51. The molecule has 0 unspecified atom stereocenters. The van der Waals surface area contributed by atoms with Gasteiger partial charge in [0.15, 0.2) is 10.1 Å². The van der Waals surface area contributed by atoms with Gasteiger partial charge in [-0.1, -0.05) is 22.4 Å². The molecule has 102 valence electrons. The molecule has 8 heteroatoms. The first-order valence-electron chi connectivity index (χ1n) is 5.45. The van der Waals surface area contributed by atoms with E-state index in [2.05, 4.69) is 20.3 Å². The van der Waals surface area contributed by atoms with Gasteiger partial charge in [-0.2, -0.15) is 0 Å². The Kier molecular flexibility index (Phi) is 5.39. The second-order valence-corrected chi connectivity index (χ2v) is 5.37. The van der Waals surface area contributed by atoms with Crippen molar-refractivity contribution < 1.29 is 10.4 Å². The van der Waals surface area contributed by atoms with E-state index in [0.29, 0.717) is 10.1 Å². The van der Waals surface area contributed by atoms with Crippen LogP contribution in [0.25, 0.3) is 0 Å². The van der Waals surface area contributed by atoms with E-state index in [4.69, 9.17) is 10.4 Å². The van der Waals surface area contributed by atoms with Gasteiger partial charge in [0.1, 0.15) is 10.1 Å². The summed E-state index contributed by atoms with van der Waals surface area (Å²) >= 11 is 2.18. The molecule has 20 heavy (non-hydrogen) atoms. The van der Waals surface area contributed by atoms with E-state index in [-0.39, 0.29) is 10.1 Å². The first-order valence-corrected chi connectivity index (χ1v) is 7.09. The minimum Gasteiger partial charge on any atom is -0.410 e. The largest absolute Gasteiger partial charge is 0.410 e. The zero-order chi connectivity index (χ0) is 14.2. The summed E-state index contributed by atoms with van der Waals surface area (Å²) in [6.07, 6.45) is 3.25. The fourth-order valence-electron chi connectivity index (χ4n) is 1.23. The first kappa shape index (κ1) is 14.4. The van der Waals surface area contributed by atoms with Crippen LogP contribution in [-0.4, -0.2) is 30.5 Å². The molecule has 2 rings (SSSR count). The van der Waals surface area contributed by atoms with E-state index >= 15 is 0 Å². The van der Waals surface area contributed by atoms with Crippen molar-refractivity contribution in [1.29, 1.82) is 0 Å². The highest BCUT2D eigenvalue weighted by Crippen LogP contribution is 2.25. The van der Waals surface area contributed by atoms with Crippen LogP contribution in [0.4, 0.5) is 0 Å². The number of nitrogens with zero attached hydrogens (tertiary/aromatic N) is 4. The van der Waals surface area contributed by atoms with Gasteiger partial charge < -0.3 is 10.4 Å². The number of hydrogen-bond acceptors (Lipinski definition) is 8. The van der Waals surface area contributed by atoms with Crippen LogP contribution in [0.15, 0.2) is 69.2 Å². The Hall–Kier alpha value is -2.06. The highest BCUT2D eigenvalue weighted by Gasteiger charge is 2.16. The standard InChI is InChI=1S/C12H10N4O2S2/c17-15-11(19-9-5-1-3-7-13-9)12(16-18)20-10-6-2-4-8-14-10/h1-8,17-18H/b15-11-,16-12-. The fourth-order valence-corrected chi connectivity index (χ4v) is 2.73. The average Bonchev–Trinajstić information content (AvgIpc) is 2.52. The molecule has 0 bridgehead atoms. The molecule has 2 aromatic heterocycles. The molecule has 0 atom stereocenters. The van der Waals surface area contributed by atoms with E-state index in [9.17, 15) is 0 Å². The minimum atomic E-state index is 0.141. The molecule has 0 aromatic carbocycles. The van der Waals surface area contributed by atoms with Crippen molar-refractivity contribution in [2.45, 2.75) is 10.1 Å². The highest BCUT2D eigenvalue weighted by atomic mass is 32.2. The van der Waals surface area contributed by atoms with E-state index in [0.717, 1.165) is 23.5 Å². The number of oxime groups is 2. The lowest BCUT2D eigenvalue weighted by Crippen LogP contribution is -2.07. The second-order valence-electron chi connectivity index (χ2n) is 3.35. The van der Waals surface area contributed by atoms with Crippen molar-refractivity contribution in [3.05, 3.63) is 48.8 Å². The number of aromatic nitrogens is 2. The Balaban J connectivity index is 2.13. The summed E-state index contributed by atoms with van der Waals surface area (Å²) in [6, 6.07) is 10.7. The van der Waals surface area contributed by atoms with E-state index in [1.165, 1.54) is 0 Å². The van der Waals surface area contributed by atoms with Crippen LogP contribution >= 0.6 is 23.5 Å². The predicted octanol–water partition coefficient (Wildman–Crippen LogP) is 2.94. The monoisotopic (exact) mass is 306 g/mol. The number of hydrogen-bond donors (Lipinski definition) is 2. The smallest absolute Gasteiger partial charge is 0.178 e. The number of thioether (sulfide) groups is 2. The molecule has 0 aliphatic carbocycles. The zero-order valence-corrected chi connectivity index (χ0v) is 11.8. The summed E-state index contributed by atoms with van der Waals surface area (Å²) in [7, 11) is 0. The maximum atomic E-state index is 9.08. The molecule has 2 heterocycles. The van der Waals surface area contributed by atoms with Crippen molar-refractivity contribution in [2.75, 3.05) is 0 Å². The molecule has 0 radical (unpaired) electrons. The maximum absolute atomic E-state index is 9.08. The van der Waals surface area contributed by atoms with Gasteiger partial charge in [-0.3, -0.25) is 0 Å². The third kappa shape index (κ3) is 3.97. The third-order valence-electron chi connectivity index (χ3n) is 2.04. The Bertz CT molecular complexity index is 550. The quantitative estimate of drug-likeness (QED) is 0.291. The van der Waals surface area contributed by atoms with Crippen LogP contribution in [-0.2, 0) is 0 Å². The molecule has 0 aliphatic rings. The molecular formula is C12H10N4O2S2. The summed E-state index contributed by atoms with van der Waals surface area (Å²) in [5.74, 6) is 0. The molecule has 0 aliphatic heterocycles. The van der Waals surface area contributed by atoms with Crippen LogP contribution in [0.3, 0.4) is 0 Å². The average molecular weight is 306 g/mol. The molecule has 0 amide bonds. The molecule has 0 spiro atoms. The summed E-state index contributed by atoms with van der Waals surface area (Å²) in [5, 5.41) is 26.0. The van der Waals surface area contributed by atoms with Gasteiger partial charge in [-0.15, -0.1) is 0 Å². The van der Waals surface area contributed by atoms with Gasteiger partial charge in [0.05, 0.1) is 0 Å². The topological polar surface area (TPSA) is 91.0 Å². The molecule has 0 saturated heterocycles. The van der Waals surface area contributed by atoms with Crippen molar-refractivity contribution in [2.24, 2.45) is 10.3 Å².